The molecule has 35 heavy (non-hydrogen) atoms. The summed E-state index contributed by atoms with van der Waals surface area (Å²) in [5.74, 6) is 0.885. The number of hydrogen-bond donors (Lipinski definition) is 1. The number of piperidine rings is 1. The molecule has 2 aromatic rings. The van der Waals surface area contributed by atoms with Crippen molar-refractivity contribution in [3.05, 3.63) is 39.6 Å². The number of carbonyl (C=O) groups excluding carboxylic acids is 1. The van der Waals surface area contributed by atoms with Gasteiger partial charge in [0.05, 0.1) is 28.0 Å². The Labute approximate surface area is 218 Å². The SMILES string of the molecule is CCOC(=O)c1nc(-c2cccc(Cl)c2Cl)c(C)nc1N1CCC(CN)(CC2CCCCC2)CC1. The standard InChI is InChI=1S/C27H36Cl2N4O2/c1-3-35-26(34)24-25(31-18(2)23(32-24)20-10-7-11-21(28)22(20)29)33-14-12-27(17-30,13-15-33)16-19-8-5-4-6-9-19/h7,10-11,19H,3-6,8-9,12-17,30H2,1-2H3. The monoisotopic (exact) mass is 518 g/mol. The number of anilines is 1. The fourth-order valence-corrected chi connectivity index (χ4v) is 6.08. The number of aryl methyl sites for hydroxylation is 1. The number of rotatable bonds is 7. The Kier molecular flexibility index (Phi) is 8.56. The van der Waals surface area contributed by atoms with E-state index in [0.29, 0.717) is 39.4 Å². The molecule has 190 valence electrons. The summed E-state index contributed by atoms with van der Waals surface area (Å²) in [6.45, 7) is 6.23. The van der Waals surface area contributed by atoms with Crippen LogP contribution < -0.4 is 10.6 Å². The first kappa shape index (κ1) is 26.2. The molecule has 1 aliphatic carbocycles. The molecule has 1 saturated carbocycles. The number of carbonyl (C=O) groups is 1. The molecule has 0 unspecified atom stereocenters. The lowest BCUT2D eigenvalue weighted by Crippen LogP contribution is -2.46. The highest BCUT2D eigenvalue weighted by Crippen LogP contribution is 2.42. The topological polar surface area (TPSA) is 81.3 Å². The fraction of sp³-hybridized carbons (Fsp3) is 0.593. The van der Waals surface area contributed by atoms with Gasteiger partial charge in [-0.15, -0.1) is 0 Å². The maximum Gasteiger partial charge on any atom is 0.360 e. The molecular weight excluding hydrogens is 483 g/mol. The Hall–Kier alpha value is -1.89. The highest BCUT2D eigenvalue weighted by Gasteiger charge is 2.37. The van der Waals surface area contributed by atoms with Gasteiger partial charge in [0.2, 0.25) is 0 Å². The number of nitrogens with zero attached hydrogens (tertiary/aromatic N) is 3. The van der Waals surface area contributed by atoms with Gasteiger partial charge in [-0.1, -0.05) is 67.4 Å². The Morgan fingerprint density at radius 2 is 1.89 bits per heavy atom. The van der Waals surface area contributed by atoms with Crippen molar-refractivity contribution in [2.45, 2.75) is 65.2 Å². The van der Waals surface area contributed by atoms with E-state index in [0.717, 1.165) is 31.8 Å². The molecule has 2 N–H and O–H groups in total. The van der Waals surface area contributed by atoms with E-state index in [9.17, 15) is 4.79 Å². The minimum Gasteiger partial charge on any atom is -0.461 e. The van der Waals surface area contributed by atoms with E-state index >= 15 is 0 Å². The molecule has 1 saturated heterocycles. The summed E-state index contributed by atoms with van der Waals surface area (Å²) in [6.07, 6.45) is 9.91. The zero-order valence-electron chi connectivity index (χ0n) is 20.8. The maximum atomic E-state index is 13.0. The van der Waals surface area contributed by atoms with E-state index in [4.69, 9.17) is 43.6 Å². The minimum absolute atomic E-state index is 0.166. The third-order valence-electron chi connectivity index (χ3n) is 7.73. The Bertz CT molecular complexity index is 1050. The van der Waals surface area contributed by atoms with Crippen molar-refractivity contribution >= 4 is 35.0 Å². The Morgan fingerprint density at radius 3 is 2.54 bits per heavy atom. The van der Waals surface area contributed by atoms with E-state index in [1.165, 1.54) is 38.5 Å². The third-order valence-corrected chi connectivity index (χ3v) is 8.55. The number of ether oxygens (including phenoxy) is 1. The molecule has 1 aromatic carbocycles. The van der Waals surface area contributed by atoms with Gasteiger partial charge >= 0.3 is 5.97 Å². The first-order valence-electron chi connectivity index (χ1n) is 12.8. The van der Waals surface area contributed by atoms with Crippen molar-refractivity contribution in [1.29, 1.82) is 0 Å². The van der Waals surface area contributed by atoms with Crippen LogP contribution in [-0.4, -0.2) is 42.2 Å². The first-order chi connectivity index (χ1) is 16.9. The van der Waals surface area contributed by atoms with Crippen LogP contribution in [0.5, 0.6) is 0 Å². The van der Waals surface area contributed by atoms with Crippen molar-refractivity contribution in [2.75, 3.05) is 31.1 Å². The summed E-state index contributed by atoms with van der Waals surface area (Å²) in [5.41, 5.74) is 8.61. The van der Waals surface area contributed by atoms with Crippen LogP contribution in [0.3, 0.4) is 0 Å². The molecule has 0 spiro atoms. The smallest absolute Gasteiger partial charge is 0.360 e. The van der Waals surface area contributed by atoms with Crippen molar-refractivity contribution in [1.82, 2.24) is 9.97 Å². The van der Waals surface area contributed by atoms with Gasteiger partial charge in [0, 0.05) is 18.7 Å². The summed E-state index contributed by atoms with van der Waals surface area (Å²) in [7, 11) is 0. The van der Waals surface area contributed by atoms with Crippen LogP contribution in [0.1, 0.15) is 74.5 Å². The summed E-state index contributed by atoms with van der Waals surface area (Å²) in [6, 6.07) is 5.37. The van der Waals surface area contributed by atoms with E-state index in [2.05, 4.69) is 4.90 Å². The predicted octanol–water partition coefficient (Wildman–Crippen LogP) is 6.45. The average molecular weight is 520 g/mol. The minimum atomic E-state index is -0.479. The number of aromatic nitrogens is 2. The van der Waals surface area contributed by atoms with E-state index in [1.54, 1.807) is 13.0 Å². The van der Waals surface area contributed by atoms with Crippen molar-refractivity contribution in [2.24, 2.45) is 17.1 Å². The molecular formula is C27H36Cl2N4O2. The number of hydrogen-bond acceptors (Lipinski definition) is 6. The van der Waals surface area contributed by atoms with E-state index in [-0.39, 0.29) is 17.7 Å². The lowest BCUT2D eigenvalue weighted by molar-refractivity contribution is 0.0519. The zero-order valence-corrected chi connectivity index (χ0v) is 22.3. The summed E-state index contributed by atoms with van der Waals surface area (Å²) >= 11 is 12.7. The van der Waals surface area contributed by atoms with Crippen molar-refractivity contribution in [3.8, 4) is 11.3 Å². The molecule has 6 nitrogen and oxygen atoms in total. The van der Waals surface area contributed by atoms with Gasteiger partial charge in [0.15, 0.2) is 11.5 Å². The molecule has 4 rings (SSSR count). The molecule has 0 atom stereocenters. The van der Waals surface area contributed by atoms with Crippen molar-refractivity contribution < 1.29 is 9.53 Å². The van der Waals surface area contributed by atoms with Gasteiger partial charge in [0.25, 0.3) is 0 Å². The zero-order chi connectivity index (χ0) is 25.0. The van der Waals surface area contributed by atoms with Gasteiger partial charge in [-0.3, -0.25) is 0 Å². The van der Waals surface area contributed by atoms with Crippen LogP contribution >= 0.6 is 23.2 Å². The number of nitrogens with two attached hydrogens (primary N) is 1. The van der Waals surface area contributed by atoms with Crippen LogP contribution in [0.25, 0.3) is 11.3 Å². The summed E-state index contributed by atoms with van der Waals surface area (Å²) < 4.78 is 5.36. The average Bonchev–Trinajstić information content (AvgIpc) is 2.87. The lowest BCUT2D eigenvalue weighted by Gasteiger charge is -2.44. The van der Waals surface area contributed by atoms with Crippen LogP contribution in [0.2, 0.25) is 10.0 Å². The van der Waals surface area contributed by atoms with Crippen LogP contribution in [0, 0.1) is 18.3 Å². The van der Waals surface area contributed by atoms with Crippen LogP contribution in [0.4, 0.5) is 5.82 Å². The number of halogens is 2. The summed E-state index contributed by atoms with van der Waals surface area (Å²) in [5, 5.41) is 0.821. The number of benzene rings is 1. The van der Waals surface area contributed by atoms with E-state index in [1.807, 2.05) is 19.1 Å². The van der Waals surface area contributed by atoms with Gasteiger partial charge in [-0.05, 0) is 57.1 Å². The van der Waals surface area contributed by atoms with Crippen molar-refractivity contribution in [3.63, 3.8) is 0 Å². The van der Waals surface area contributed by atoms with Gasteiger partial charge in [-0.25, -0.2) is 14.8 Å². The van der Waals surface area contributed by atoms with Gasteiger partial charge in [-0.2, -0.15) is 0 Å². The molecule has 2 fully saturated rings. The largest absolute Gasteiger partial charge is 0.461 e. The molecule has 1 aromatic heterocycles. The molecule has 1 aliphatic heterocycles. The molecule has 2 heterocycles. The predicted molar refractivity (Wildman–Crippen MR) is 142 cm³/mol. The molecule has 2 aliphatic rings. The van der Waals surface area contributed by atoms with Gasteiger partial charge < -0.3 is 15.4 Å². The second-order valence-electron chi connectivity index (χ2n) is 10.1. The molecule has 8 heteroatoms. The fourth-order valence-electron chi connectivity index (χ4n) is 5.69. The van der Waals surface area contributed by atoms with E-state index < -0.39 is 5.97 Å². The Morgan fingerprint density at radius 1 is 1.17 bits per heavy atom. The first-order valence-corrected chi connectivity index (χ1v) is 13.6. The van der Waals surface area contributed by atoms with Gasteiger partial charge in [0.1, 0.15) is 0 Å². The molecule has 0 amide bonds. The second kappa shape index (κ2) is 11.4. The third kappa shape index (κ3) is 5.76. The quantitative estimate of drug-likeness (QED) is 0.424. The highest BCUT2D eigenvalue weighted by molar-refractivity contribution is 6.43. The summed E-state index contributed by atoms with van der Waals surface area (Å²) in [4.78, 5) is 24.7. The normalized spacial score (nSPS) is 18.5. The maximum absolute atomic E-state index is 13.0. The second-order valence-corrected chi connectivity index (χ2v) is 10.8. The lowest BCUT2D eigenvalue weighted by atomic mass is 9.69. The number of esters is 1. The molecule has 0 radical (unpaired) electrons. The molecule has 0 bridgehead atoms. The highest BCUT2D eigenvalue weighted by atomic mass is 35.5. The van der Waals surface area contributed by atoms with Crippen LogP contribution in [0.15, 0.2) is 18.2 Å². The Balaban J connectivity index is 1.62. The van der Waals surface area contributed by atoms with Crippen LogP contribution in [-0.2, 0) is 4.74 Å².